The Bertz CT molecular complexity index is 548. The van der Waals surface area contributed by atoms with Gasteiger partial charge in [-0.15, -0.1) is 11.3 Å². The van der Waals surface area contributed by atoms with Crippen molar-refractivity contribution in [1.29, 1.82) is 0 Å². The second-order valence-electron chi connectivity index (χ2n) is 3.52. The van der Waals surface area contributed by atoms with Crippen LogP contribution in [0, 0.1) is 6.92 Å². The minimum Gasteiger partial charge on any atom is -0.289 e. The quantitative estimate of drug-likeness (QED) is 0.505. The van der Waals surface area contributed by atoms with Gasteiger partial charge in [0.1, 0.15) is 0 Å². The lowest BCUT2D eigenvalue weighted by atomic mass is 10.2. The first kappa shape index (κ1) is 12.1. The Morgan fingerprint density at radius 3 is 3.06 bits per heavy atom. The second-order valence-corrected chi connectivity index (χ2v) is 5.21. The first-order chi connectivity index (χ1) is 8.10. The first-order valence-corrected chi connectivity index (χ1v) is 6.08. The third-order valence-corrected chi connectivity index (χ3v) is 3.60. The van der Waals surface area contributed by atoms with E-state index in [2.05, 4.69) is 10.5 Å². The zero-order valence-electron chi connectivity index (χ0n) is 9.11. The van der Waals surface area contributed by atoms with Crippen molar-refractivity contribution in [3.8, 4) is 0 Å². The van der Waals surface area contributed by atoms with E-state index < -0.39 is 0 Å². The number of nitrogens with zero attached hydrogens (tertiary/aromatic N) is 2. The molecule has 5 nitrogen and oxygen atoms in total. The van der Waals surface area contributed by atoms with Gasteiger partial charge in [-0.2, -0.15) is 5.10 Å². The number of carbonyl (C=O) groups is 1. The van der Waals surface area contributed by atoms with E-state index in [1.54, 1.807) is 17.1 Å². The predicted octanol–water partition coefficient (Wildman–Crippen LogP) is 1.56. The Kier molecular flexibility index (Phi) is 3.46. The van der Waals surface area contributed by atoms with Crippen LogP contribution in [0.15, 0.2) is 18.5 Å². The van der Waals surface area contributed by atoms with E-state index in [0.717, 1.165) is 10.4 Å². The number of nitrogens with one attached hydrogen (secondary N) is 1. The Balaban J connectivity index is 2.21. The van der Waals surface area contributed by atoms with E-state index in [1.807, 2.05) is 13.0 Å². The fourth-order valence-electron chi connectivity index (χ4n) is 1.46. The van der Waals surface area contributed by atoms with Crippen LogP contribution < -0.4 is 11.3 Å². The lowest BCUT2D eigenvalue weighted by molar-refractivity contribution is 0.0957. The van der Waals surface area contributed by atoms with Gasteiger partial charge in [-0.25, -0.2) is 5.84 Å². The van der Waals surface area contributed by atoms with Crippen molar-refractivity contribution in [2.45, 2.75) is 13.5 Å². The van der Waals surface area contributed by atoms with Gasteiger partial charge in [0.05, 0.1) is 22.6 Å². The van der Waals surface area contributed by atoms with Crippen LogP contribution >= 0.6 is 22.9 Å². The summed E-state index contributed by atoms with van der Waals surface area (Å²) >= 11 is 7.19. The maximum atomic E-state index is 11.4. The van der Waals surface area contributed by atoms with Gasteiger partial charge in [0.15, 0.2) is 0 Å². The summed E-state index contributed by atoms with van der Waals surface area (Å²) in [5.74, 6) is 4.82. The second kappa shape index (κ2) is 4.87. The van der Waals surface area contributed by atoms with Crippen LogP contribution in [0.5, 0.6) is 0 Å². The van der Waals surface area contributed by atoms with E-state index in [0.29, 0.717) is 16.4 Å². The molecule has 90 valence electrons. The fourth-order valence-corrected chi connectivity index (χ4v) is 2.55. The number of hydrazine groups is 1. The van der Waals surface area contributed by atoms with Crippen molar-refractivity contribution in [2.24, 2.45) is 5.84 Å². The molecule has 2 rings (SSSR count). The SMILES string of the molecule is Cc1sc(C(=O)NN)cc1Cn1cc(Cl)cn1. The number of aromatic nitrogens is 2. The van der Waals surface area contributed by atoms with E-state index in [9.17, 15) is 4.79 Å². The van der Waals surface area contributed by atoms with Crippen molar-refractivity contribution in [2.75, 3.05) is 0 Å². The summed E-state index contributed by atoms with van der Waals surface area (Å²) in [6.45, 7) is 2.55. The van der Waals surface area contributed by atoms with Gasteiger partial charge in [-0.05, 0) is 18.6 Å². The van der Waals surface area contributed by atoms with Crippen LogP contribution in [0.2, 0.25) is 5.02 Å². The molecular formula is C10H11ClN4OS. The molecule has 0 radical (unpaired) electrons. The Morgan fingerprint density at radius 1 is 1.71 bits per heavy atom. The molecule has 17 heavy (non-hydrogen) atoms. The molecule has 0 spiro atoms. The van der Waals surface area contributed by atoms with Crippen LogP contribution in [-0.4, -0.2) is 15.7 Å². The molecule has 0 fully saturated rings. The van der Waals surface area contributed by atoms with Gasteiger partial charge >= 0.3 is 0 Å². The molecule has 0 aromatic carbocycles. The van der Waals surface area contributed by atoms with E-state index in [-0.39, 0.29) is 5.91 Å². The molecule has 0 aliphatic heterocycles. The zero-order valence-corrected chi connectivity index (χ0v) is 10.7. The summed E-state index contributed by atoms with van der Waals surface area (Å²) in [5, 5.41) is 4.69. The number of halogens is 1. The van der Waals surface area contributed by atoms with Crippen molar-refractivity contribution in [3.05, 3.63) is 38.8 Å². The molecule has 2 aromatic rings. The number of hydrogen-bond donors (Lipinski definition) is 2. The third-order valence-electron chi connectivity index (χ3n) is 2.31. The van der Waals surface area contributed by atoms with Gasteiger partial charge < -0.3 is 0 Å². The molecule has 2 heterocycles. The Hall–Kier alpha value is -1.37. The van der Waals surface area contributed by atoms with Crippen LogP contribution in [0.4, 0.5) is 0 Å². The molecule has 7 heteroatoms. The summed E-state index contributed by atoms with van der Waals surface area (Å²) in [6, 6.07) is 1.82. The van der Waals surface area contributed by atoms with Crippen LogP contribution in [-0.2, 0) is 6.54 Å². The molecule has 0 saturated heterocycles. The topological polar surface area (TPSA) is 72.9 Å². The van der Waals surface area contributed by atoms with Crippen LogP contribution in [0.1, 0.15) is 20.1 Å². The van der Waals surface area contributed by atoms with Crippen LogP contribution in [0.25, 0.3) is 0 Å². The maximum Gasteiger partial charge on any atom is 0.275 e. The van der Waals surface area contributed by atoms with Gasteiger partial charge in [0.2, 0.25) is 0 Å². The predicted molar refractivity (Wildman–Crippen MR) is 67.0 cm³/mol. The number of rotatable bonds is 3. The highest BCUT2D eigenvalue weighted by atomic mass is 35.5. The molecule has 0 unspecified atom stereocenters. The Labute approximate surface area is 107 Å². The standard InChI is InChI=1S/C10H11ClN4OS/c1-6-7(2-9(17-6)10(16)14-12)4-15-5-8(11)3-13-15/h2-3,5H,4,12H2,1H3,(H,14,16). The van der Waals surface area contributed by atoms with Crippen molar-refractivity contribution < 1.29 is 4.79 Å². The monoisotopic (exact) mass is 270 g/mol. The number of amides is 1. The summed E-state index contributed by atoms with van der Waals surface area (Å²) in [4.78, 5) is 13.0. The first-order valence-electron chi connectivity index (χ1n) is 4.88. The minimum atomic E-state index is -0.275. The van der Waals surface area contributed by atoms with Crippen molar-refractivity contribution in [1.82, 2.24) is 15.2 Å². The number of nitrogens with two attached hydrogens (primary N) is 1. The maximum absolute atomic E-state index is 11.4. The minimum absolute atomic E-state index is 0.275. The summed E-state index contributed by atoms with van der Waals surface area (Å²) in [5.41, 5.74) is 3.15. The molecule has 0 aliphatic carbocycles. The summed E-state index contributed by atoms with van der Waals surface area (Å²) in [7, 11) is 0. The molecule has 0 bridgehead atoms. The van der Waals surface area contributed by atoms with E-state index >= 15 is 0 Å². The molecule has 2 aromatic heterocycles. The largest absolute Gasteiger partial charge is 0.289 e. The average molecular weight is 271 g/mol. The number of hydrogen-bond acceptors (Lipinski definition) is 4. The zero-order chi connectivity index (χ0) is 12.4. The smallest absolute Gasteiger partial charge is 0.275 e. The highest BCUT2D eigenvalue weighted by Crippen LogP contribution is 2.22. The molecule has 0 aliphatic rings. The normalized spacial score (nSPS) is 10.5. The molecular weight excluding hydrogens is 260 g/mol. The summed E-state index contributed by atoms with van der Waals surface area (Å²) < 4.78 is 1.72. The Morgan fingerprint density at radius 2 is 2.47 bits per heavy atom. The fraction of sp³-hybridized carbons (Fsp3) is 0.200. The number of nitrogen functional groups attached to an aromatic ring is 1. The number of aryl methyl sites for hydroxylation is 1. The summed E-state index contributed by atoms with van der Waals surface area (Å²) in [6.07, 6.45) is 3.32. The molecule has 1 amide bonds. The number of carbonyl (C=O) groups excluding carboxylic acids is 1. The van der Waals surface area contributed by atoms with E-state index in [1.165, 1.54) is 11.3 Å². The van der Waals surface area contributed by atoms with Gasteiger partial charge in [0, 0.05) is 11.1 Å². The highest BCUT2D eigenvalue weighted by Gasteiger charge is 2.11. The number of thiophene rings is 1. The third kappa shape index (κ3) is 2.66. The van der Waals surface area contributed by atoms with Gasteiger partial charge in [-0.3, -0.25) is 14.9 Å². The lowest BCUT2D eigenvalue weighted by Gasteiger charge is -1.99. The highest BCUT2D eigenvalue weighted by molar-refractivity contribution is 7.14. The van der Waals surface area contributed by atoms with E-state index in [4.69, 9.17) is 17.4 Å². The van der Waals surface area contributed by atoms with Crippen molar-refractivity contribution in [3.63, 3.8) is 0 Å². The molecule has 0 saturated carbocycles. The average Bonchev–Trinajstić information content (AvgIpc) is 2.86. The molecule has 0 atom stereocenters. The molecule has 3 N–H and O–H groups in total. The van der Waals surface area contributed by atoms with Gasteiger partial charge in [0.25, 0.3) is 5.91 Å². The van der Waals surface area contributed by atoms with Crippen LogP contribution in [0.3, 0.4) is 0 Å². The van der Waals surface area contributed by atoms with Crippen molar-refractivity contribution >= 4 is 28.8 Å². The lowest BCUT2D eigenvalue weighted by Crippen LogP contribution is -2.29. The van der Waals surface area contributed by atoms with Gasteiger partial charge in [-0.1, -0.05) is 11.6 Å².